The summed E-state index contributed by atoms with van der Waals surface area (Å²) in [5.41, 5.74) is 1.57. The van der Waals surface area contributed by atoms with E-state index in [0.717, 1.165) is 15.8 Å². The van der Waals surface area contributed by atoms with E-state index >= 15 is 0 Å². The van der Waals surface area contributed by atoms with Gasteiger partial charge >= 0.3 is 0 Å². The Morgan fingerprint density at radius 3 is 2.46 bits per heavy atom. The van der Waals surface area contributed by atoms with Crippen LogP contribution in [0.2, 0.25) is 10.0 Å². The maximum atomic E-state index is 12.1. The second-order valence-electron chi connectivity index (χ2n) is 5.16. The van der Waals surface area contributed by atoms with Gasteiger partial charge in [0.25, 0.3) is 5.56 Å². The first-order valence-corrected chi connectivity index (χ1v) is 7.71. The van der Waals surface area contributed by atoms with Gasteiger partial charge in [-0.3, -0.25) is 4.79 Å². The summed E-state index contributed by atoms with van der Waals surface area (Å²) in [6.45, 7) is 3.95. The van der Waals surface area contributed by atoms with Crippen molar-refractivity contribution < 1.29 is 4.74 Å². The van der Waals surface area contributed by atoms with Gasteiger partial charge in [-0.25, -0.2) is 9.97 Å². The Hall–Kier alpha value is -2.44. The van der Waals surface area contributed by atoms with Gasteiger partial charge < -0.3 is 4.74 Å². The van der Waals surface area contributed by atoms with Crippen LogP contribution >= 0.6 is 23.2 Å². The fourth-order valence-electron chi connectivity index (χ4n) is 2.19. The summed E-state index contributed by atoms with van der Waals surface area (Å²) in [5, 5.41) is 3.89. The number of ether oxygens (including phenoxy) is 1. The van der Waals surface area contributed by atoms with E-state index in [2.05, 4.69) is 15.1 Å². The highest BCUT2D eigenvalue weighted by Crippen LogP contribution is 2.23. The van der Waals surface area contributed by atoms with Crippen LogP contribution in [0.1, 0.15) is 11.1 Å². The number of aryl methyl sites for hydroxylation is 2. The summed E-state index contributed by atoms with van der Waals surface area (Å²) in [6.07, 6.45) is 2.56. The van der Waals surface area contributed by atoms with Crippen LogP contribution in [-0.4, -0.2) is 19.7 Å². The van der Waals surface area contributed by atoms with Gasteiger partial charge in [-0.05, 0) is 37.1 Å². The Bertz CT molecular complexity index is 952. The molecule has 0 spiro atoms. The number of benzene rings is 1. The van der Waals surface area contributed by atoms with Crippen molar-refractivity contribution >= 4 is 23.2 Å². The van der Waals surface area contributed by atoms with E-state index in [0.29, 0.717) is 5.75 Å². The Kier molecular flexibility index (Phi) is 4.51. The van der Waals surface area contributed by atoms with Crippen molar-refractivity contribution in [3.63, 3.8) is 0 Å². The number of hydrogen-bond acceptors (Lipinski definition) is 5. The zero-order chi connectivity index (χ0) is 17.3. The monoisotopic (exact) mass is 362 g/mol. The highest BCUT2D eigenvalue weighted by Gasteiger charge is 2.11. The van der Waals surface area contributed by atoms with E-state index in [1.54, 1.807) is 0 Å². The number of aromatic nitrogens is 4. The molecule has 0 radical (unpaired) electrons. The molecule has 0 aliphatic carbocycles. The second-order valence-corrected chi connectivity index (χ2v) is 5.95. The molecule has 0 N–H and O–H groups in total. The SMILES string of the molecule is Cc1cc(C)cc(Oc2cc(-n3ncc(Cl)c(Cl)c3=O)ncn2)c1. The highest BCUT2D eigenvalue weighted by atomic mass is 35.5. The first-order valence-electron chi connectivity index (χ1n) is 6.96. The Balaban J connectivity index is 1.98. The molecule has 2 heterocycles. The highest BCUT2D eigenvalue weighted by molar-refractivity contribution is 6.41. The van der Waals surface area contributed by atoms with Gasteiger partial charge in [-0.15, -0.1) is 0 Å². The summed E-state index contributed by atoms with van der Waals surface area (Å²) in [7, 11) is 0. The molecule has 3 rings (SSSR count). The average Bonchev–Trinajstić information content (AvgIpc) is 2.52. The number of hydrogen-bond donors (Lipinski definition) is 0. The van der Waals surface area contributed by atoms with Crippen molar-refractivity contribution in [1.82, 2.24) is 19.7 Å². The summed E-state index contributed by atoms with van der Waals surface area (Å²) < 4.78 is 6.77. The molecule has 0 aliphatic heterocycles. The zero-order valence-corrected chi connectivity index (χ0v) is 14.3. The largest absolute Gasteiger partial charge is 0.439 e. The first-order chi connectivity index (χ1) is 11.4. The van der Waals surface area contributed by atoms with Crippen LogP contribution in [0.25, 0.3) is 5.82 Å². The van der Waals surface area contributed by atoms with Crippen LogP contribution in [0.15, 0.2) is 41.6 Å². The molecule has 6 nitrogen and oxygen atoms in total. The van der Waals surface area contributed by atoms with Gasteiger partial charge in [-0.2, -0.15) is 9.78 Å². The standard InChI is InChI=1S/C16H12Cl2N4O2/c1-9-3-10(2)5-11(4-9)24-14-6-13(19-8-20-14)22-16(23)15(18)12(17)7-21-22/h3-8H,1-2H3. The van der Waals surface area contributed by atoms with Crippen molar-refractivity contribution in [2.24, 2.45) is 0 Å². The van der Waals surface area contributed by atoms with E-state index in [4.69, 9.17) is 27.9 Å². The first kappa shape index (κ1) is 16.4. The lowest BCUT2D eigenvalue weighted by molar-refractivity contribution is 0.459. The predicted octanol–water partition coefficient (Wildman–Crippen LogP) is 3.74. The van der Waals surface area contributed by atoms with Crippen LogP contribution in [-0.2, 0) is 0 Å². The molecule has 0 amide bonds. The Morgan fingerprint density at radius 2 is 1.75 bits per heavy atom. The minimum Gasteiger partial charge on any atom is -0.439 e. The molecule has 24 heavy (non-hydrogen) atoms. The van der Waals surface area contributed by atoms with Crippen molar-refractivity contribution in [2.45, 2.75) is 13.8 Å². The smallest absolute Gasteiger partial charge is 0.293 e. The maximum Gasteiger partial charge on any atom is 0.293 e. The van der Waals surface area contributed by atoms with Crippen LogP contribution in [0.3, 0.4) is 0 Å². The second kappa shape index (κ2) is 6.59. The van der Waals surface area contributed by atoms with Gasteiger partial charge in [0.05, 0.1) is 11.2 Å². The Morgan fingerprint density at radius 1 is 1.04 bits per heavy atom. The van der Waals surface area contributed by atoms with Crippen LogP contribution in [0.4, 0.5) is 0 Å². The lowest BCUT2D eigenvalue weighted by Crippen LogP contribution is -2.22. The molecule has 0 aliphatic rings. The topological polar surface area (TPSA) is 69.9 Å². The molecule has 0 fully saturated rings. The molecule has 0 saturated carbocycles. The number of halogens is 2. The zero-order valence-electron chi connectivity index (χ0n) is 12.8. The third-order valence-corrected chi connectivity index (χ3v) is 3.89. The van der Waals surface area contributed by atoms with E-state index < -0.39 is 5.56 Å². The molecule has 0 bridgehead atoms. The summed E-state index contributed by atoms with van der Waals surface area (Å²) >= 11 is 11.6. The van der Waals surface area contributed by atoms with E-state index in [1.807, 2.05) is 32.0 Å². The predicted molar refractivity (Wildman–Crippen MR) is 91.4 cm³/mol. The van der Waals surface area contributed by atoms with Crippen molar-refractivity contribution in [1.29, 1.82) is 0 Å². The molecule has 8 heteroatoms. The minimum atomic E-state index is -0.569. The minimum absolute atomic E-state index is 0.0821. The van der Waals surface area contributed by atoms with Gasteiger partial charge in [0.15, 0.2) is 5.82 Å². The molecular formula is C16H12Cl2N4O2. The Labute approximate surface area is 147 Å². The lowest BCUT2D eigenvalue weighted by atomic mass is 10.1. The van der Waals surface area contributed by atoms with Crippen molar-refractivity contribution in [2.75, 3.05) is 0 Å². The van der Waals surface area contributed by atoms with Crippen LogP contribution in [0.5, 0.6) is 11.6 Å². The van der Waals surface area contributed by atoms with Gasteiger partial charge in [0.2, 0.25) is 5.88 Å². The van der Waals surface area contributed by atoms with Gasteiger partial charge in [0.1, 0.15) is 17.1 Å². The quantitative estimate of drug-likeness (QED) is 0.709. The summed E-state index contributed by atoms with van der Waals surface area (Å²) in [4.78, 5) is 20.2. The van der Waals surface area contributed by atoms with Crippen molar-refractivity contribution in [3.8, 4) is 17.4 Å². The maximum absolute atomic E-state index is 12.1. The van der Waals surface area contributed by atoms with Gasteiger partial charge in [-0.1, -0.05) is 29.3 Å². The molecule has 122 valence electrons. The third-order valence-electron chi connectivity index (χ3n) is 3.14. The molecule has 1 aromatic carbocycles. The normalized spacial score (nSPS) is 10.7. The number of rotatable bonds is 3. The molecular weight excluding hydrogens is 351 g/mol. The van der Waals surface area contributed by atoms with Crippen LogP contribution in [0, 0.1) is 13.8 Å². The van der Waals surface area contributed by atoms with Crippen molar-refractivity contribution in [3.05, 3.63) is 68.3 Å². The molecule has 0 atom stereocenters. The average molecular weight is 363 g/mol. The third kappa shape index (κ3) is 3.39. The van der Waals surface area contributed by atoms with Crippen LogP contribution < -0.4 is 10.3 Å². The van der Waals surface area contributed by atoms with E-state index in [-0.39, 0.29) is 21.7 Å². The number of nitrogens with zero attached hydrogens (tertiary/aromatic N) is 4. The fourth-order valence-corrected chi connectivity index (χ4v) is 2.44. The van der Waals surface area contributed by atoms with Gasteiger partial charge in [0, 0.05) is 6.07 Å². The molecule has 0 unspecified atom stereocenters. The summed E-state index contributed by atoms with van der Waals surface area (Å²) in [6, 6.07) is 7.31. The summed E-state index contributed by atoms with van der Waals surface area (Å²) in [5.74, 6) is 1.16. The molecule has 2 aromatic heterocycles. The molecule has 0 saturated heterocycles. The fraction of sp³-hybridized carbons (Fsp3) is 0.125. The van der Waals surface area contributed by atoms with E-state index in [1.165, 1.54) is 18.6 Å². The van der Waals surface area contributed by atoms with E-state index in [9.17, 15) is 4.79 Å². The lowest BCUT2D eigenvalue weighted by Gasteiger charge is -2.08. The molecule has 3 aromatic rings.